The lowest BCUT2D eigenvalue weighted by molar-refractivity contribution is -0.136. The van der Waals surface area contributed by atoms with Gasteiger partial charge in [0.15, 0.2) is 6.61 Å². The van der Waals surface area contributed by atoms with Crippen LogP contribution in [0.2, 0.25) is 0 Å². The number of likely N-dealkylation sites (N-methyl/N-ethyl adjacent to an activating group) is 1. The third-order valence-electron chi connectivity index (χ3n) is 8.96. The molecule has 2 aromatic rings. The van der Waals surface area contributed by atoms with Gasteiger partial charge in [0.05, 0.1) is 0 Å². The van der Waals surface area contributed by atoms with E-state index < -0.39 is 0 Å². The van der Waals surface area contributed by atoms with Gasteiger partial charge in [0.2, 0.25) is 0 Å². The van der Waals surface area contributed by atoms with Crippen molar-refractivity contribution in [3.8, 4) is 5.75 Å². The van der Waals surface area contributed by atoms with E-state index in [4.69, 9.17) is 14.6 Å². The van der Waals surface area contributed by atoms with Gasteiger partial charge in [-0.15, -0.1) is 13.2 Å². The highest BCUT2D eigenvalue weighted by Gasteiger charge is 2.27. The summed E-state index contributed by atoms with van der Waals surface area (Å²) in [5, 5.41) is 6.89. The van der Waals surface area contributed by atoms with Crippen LogP contribution in [0.3, 0.4) is 0 Å². The Labute approximate surface area is 266 Å². The van der Waals surface area contributed by atoms with Crippen molar-refractivity contribution >= 4 is 12.4 Å². The number of amides is 1. The summed E-state index contributed by atoms with van der Waals surface area (Å²) in [6.45, 7) is 16.8. The number of aryl methyl sites for hydroxylation is 1. The number of rotatable bonds is 8. The van der Waals surface area contributed by atoms with E-state index in [9.17, 15) is 4.79 Å². The minimum atomic E-state index is -0.250. The summed E-state index contributed by atoms with van der Waals surface area (Å²) < 4.78 is 5.62. The van der Waals surface area contributed by atoms with E-state index in [1.807, 2.05) is 43.0 Å². The largest absolute Gasteiger partial charge is 0.484 e. The smallest absolute Gasteiger partial charge is 0.290 e. The first-order valence-corrected chi connectivity index (χ1v) is 16.5. The fraction of sp³-hybridized carbons (Fsp3) is 0.568. The van der Waals surface area contributed by atoms with Crippen LogP contribution < -0.4 is 4.74 Å². The predicted molar refractivity (Wildman–Crippen MR) is 181 cm³/mol. The first kappa shape index (κ1) is 37.0. The second kappa shape index (κ2) is 21.5. The Morgan fingerprint density at radius 3 is 2.16 bits per heavy atom. The van der Waals surface area contributed by atoms with Crippen molar-refractivity contribution in [1.82, 2.24) is 14.7 Å². The van der Waals surface area contributed by atoms with Gasteiger partial charge in [0.25, 0.3) is 12.4 Å². The summed E-state index contributed by atoms with van der Waals surface area (Å²) in [5.41, 5.74) is 2.74. The van der Waals surface area contributed by atoms with E-state index in [2.05, 4.69) is 60.3 Å². The number of hydrogen-bond acceptors (Lipinski definition) is 5. The molecule has 1 N–H and O–H groups in total. The monoisotopic (exact) mass is 607 g/mol. The van der Waals surface area contributed by atoms with Crippen LogP contribution in [0.4, 0.5) is 0 Å². The molecule has 1 saturated carbocycles. The maximum absolute atomic E-state index is 12.4. The first-order valence-electron chi connectivity index (χ1n) is 16.5. The molecular weight excluding hydrogens is 550 g/mol. The summed E-state index contributed by atoms with van der Waals surface area (Å²) in [6.07, 6.45) is 10.8. The van der Waals surface area contributed by atoms with Crippen LogP contribution in [0.5, 0.6) is 5.75 Å². The molecule has 2 aromatic carbocycles. The number of ether oxygens (including phenoxy) is 1. The lowest BCUT2D eigenvalue weighted by Gasteiger charge is -2.36. The molecular formula is C37H57N3O4. The lowest BCUT2D eigenvalue weighted by atomic mass is 9.89. The molecule has 244 valence electrons. The standard InChI is InChI=1S/C17H26N2O2.C17H25N.C2H4.CH2O2/c1-4-19(15-9-11-18(3)12-10-15)17(20)13-21-16-7-5-14(2)6-8-16;1-3-7-15(8-4-1)13-18-12-11-17(14-18)16-9-5-2-6-10-16;1-2;2-1-3/h5-8,15H,4,9-13H2,1-3H3;2,5-6,9-10,15,17H,1,3-4,7-8,11-14H2;1-2H2;1H,(H,2,3)/t;17-;;/m.1../s1. The van der Waals surface area contributed by atoms with Crippen molar-refractivity contribution < 1.29 is 19.4 Å². The molecule has 1 aliphatic carbocycles. The number of likely N-dealkylation sites (tertiary alicyclic amines) is 2. The molecule has 3 fully saturated rings. The summed E-state index contributed by atoms with van der Waals surface area (Å²) in [4.78, 5) is 27.8. The van der Waals surface area contributed by atoms with Gasteiger partial charge in [-0.25, -0.2) is 0 Å². The van der Waals surface area contributed by atoms with Gasteiger partial charge < -0.3 is 24.5 Å². The Morgan fingerprint density at radius 2 is 1.57 bits per heavy atom. The number of piperidine rings is 1. The second-order valence-electron chi connectivity index (χ2n) is 12.1. The van der Waals surface area contributed by atoms with Crippen molar-refractivity contribution in [2.75, 3.05) is 52.9 Å². The van der Waals surface area contributed by atoms with Crippen LogP contribution in [-0.2, 0) is 9.59 Å². The van der Waals surface area contributed by atoms with Crippen LogP contribution in [0, 0.1) is 12.8 Å². The average Bonchev–Trinajstić information content (AvgIpc) is 3.53. The highest BCUT2D eigenvalue weighted by Crippen LogP contribution is 2.30. The molecule has 2 heterocycles. The van der Waals surface area contributed by atoms with E-state index in [-0.39, 0.29) is 19.0 Å². The number of carbonyl (C=O) groups excluding carboxylic acids is 1. The van der Waals surface area contributed by atoms with Crippen LogP contribution in [0.15, 0.2) is 67.8 Å². The van der Waals surface area contributed by atoms with E-state index in [0.717, 1.165) is 50.1 Å². The van der Waals surface area contributed by atoms with Crippen molar-refractivity contribution in [1.29, 1.82) is 0 Å². The molecule has 2 saturated heterocycles. The molecule has 0 aromatic heterocycles. The van der Waals surface area contributed by atoms with E-state index in [0.29, 0.717) is 6.04 Å². The molecule has 1 amide bonds. The zero-order valence-corrected chi connectivity index (χ0v) is 27.5. The van der Waals surface area contributed by atoms with E-state index >= 15 is 0 Å². The molecule has 0 spiro atoms. The normalized spacial score (nSPS) is 19.2. The Kier molecular flexibility index (Phi) is 18.1. The highest BCUT2D eigenvalue weighted by molar-refractivity contribution is 5.78. The van der Waals surface area contributed by atoms with Gasteiger partial charge in [-0.3, -0.25) is 9.59 Å². The molecule has 0 radical (unpaired) electrons. The van der Waals surface area contributed by atoms with Crippen LogP contribution in [-0.4, -0.2) is 91.2 Å². The van der Waals surface area contributed by atoms with Gasteiger partial charge in [-0.1, -0.05) is 67.3 Å². The maximum atomic E-state index is 12.4. The quantitative estimate of drug-likeness (QED) is 0.261. The van der Waals surface area contributed by atoms with Gasteiger partial charge in [-0.2, -0.15) is 0 Å². The summed E-state index contributed by atoms with van der Waals surface area (Å²) >= 11 is 0. The van der Waals surface area contributed by atoms with Crippen molar-refractivity contribution in [3.05, 3.63) is 78.9 Å². The molecule has 2 aliphatic heterocycles. The van der Waals surface area contributed by atoms with Crippen LogP contribution in [0.1, 0.15) is 75.3 Å². The molecule has 0 bridgehead atoms. The summed E-state index contributed by atoms with van der Waals surface area (Å²) in [6, 6.07) is 19.3. The molecule has 7 heteroatoms. The molecule has 44 heavy (non-hydrogen) atoms. The number of nitrogens with zero attached hydrogens (tertiary/aromatic N) is 3. The number of benzene rings is 2. The Morgan fingerprint density at radius 1 is 0.955 bits per heavy atom. The van der Waals surface area contributed by atoms with Gasteiger partial charge >= 0.3 is 0 Å². The number of carbonyl (C=O) groups is 2. The zero-order valence-electron chi connectivity index (χ0n) is 27.5. The third-order valence-corrected chi connectivity index (χ3v) is 8.96. The van der Waals surface area contributed by atoms with Crippen LogP contribution >= 0.6 is 0 Å². The summed E-state index contributed by atoms with van der Waals surface area (Å²) in [5.74, 6) is 2.63. The third kappa shape index (κ3) is 13.2. The predicted octanol–water partition coefficient (Wildman–Crippen LogP) is 6.88. The number of carboxylic acid groups (broad SMARTS) is 1. The van der Waals surface area contributed by atoms with Crippen molar-refractivity contribution in [3.63, 3.8) is 0 Å². The van der Waals surface area contributed by atoms with Crippen molar-refractivity contribution in [2.45, 2.75) is 77.2 Å². The zero-order chi connectivity index (χ0) is 32.2. The van der Waals surface area contributed by atoms with Crippen molar-refractivity contribution in [2.24, 2.45) is 5.92 Å². The second-order valence-corrected chi connectivity index (χ2v) is 12.1. The topological polar surface area (TPSA) is 73.3 Å². The highest BCUT2D eigenvalue weighted by atomic mass is 16.5. The van der Waals surface area contributed by atoms with E-state index in [1.165, 1.54) is 63.7 Å². The van der Waals surface area contributed by atoms with Gasteiger partial charge in [0, 0.05) is 25.7 Å². The minimum absolute atomic E-state index is 0.0904. The summed E-state index contributed by atoms with van der Waals surface area (Å²) in [7, 11) is 2.13. The Balaban J connectivity index is 0.000000270. The van der Waals surface area contributed by atoms with E-state index in [1.54, 1.807) is 5.56 Å². The SMILES string of the molecule is C=C.CCN(C(=O)COc1ccc(C)cc1)C1CCN(C)CC1.O=CO.c1ccc([C@@H]2CCN(CC3CCCCC3)C2)cc1. The Hall–Kier alpha value is -3.16. The van der Waals surface area contributed by atoms with Gasteiger partial charge in [-0.05, 0) is 102 Å². The maximum Gasteiger partial charge on any atom is 0.290 e. The molecule has 5 rings (SSSR count). The van der Waals surface area contributed by atoms with Gasteiger partial charge in [0.1, 0.15) is 5.75 Å². The molecule has 3 aliphatic rings. The fourth-order valence-corrected chi connectivity index (χ4v) is 6.54. The van der Waals surface area contributed by atoms with Crippen LogP contribution in [0.25, 0.3) is 0 Å². The first-order chi connectivity index (χ1) is 21.4. The molecule has 7 nitrogen and oxygen atoms in total. The number of hydrogen-bond donors (Lipinski definition) is 1. The molecule has 0 unspecified atom stereocenters. The molecule has 1 atom stereocenters. The Bertz CT molecular complexity index is 1030. The minimum Gasteiger partial charge on any atom is -0.484 e. The lowest BCUT2D eigenvalue weighted by Crippen LogP contribution is -2.47. The fourth-order valence-electron chi connectivity index (χ4n) is 6.54. The average molecular weight is 608 g/mol.